The molecule has 0 bridgehead atoms. The number of fused-ring (bicyclic) bond motifs is 1. The van der Waals surface area contributed by atoms with Gasteiger partial charge in [0, 0.05) is 6.42 Å². The number of benzene rings is 3. The Balaban J connectivity index is 1.39. The summed E-state index contributed by atoms with van der Waals surface area (Å²) in [6.07, 6.45) is -0.335. The molecule has 178 valence electrons. The molecule has 3 aromatic rings. The number of nitrogens with zero attached hydrogens (tertiary/aromatic N) is 1. The maximum atomic E-state index is 12.6. The van der Waals surface area contributed by atoms with Crippen LogP contribution in [0, 0.1) is 0 Å². The van der Waals surface area contributed by atoms with E-state index in [-0.39, 0.29) is 5.97 Å². The van der Waals surface area contributed by atoms with E-state index >= 15 is 0 Å². The van der Waals surface area contributed by atoms with Gasteiger partial charge in [-0.2, -0.15) is 0 Å². The van der Waals surface area contributed by atoms with E-state index in [1.807, 2.05) is 72.8 Å². The van der Waals surface area contributed by atoms with Crippen molar-refractivity contribution in [3.8, 4) is 11.5 Å². The normalized spacial score (nSPS) is 13.5. The van der Waals surface area contributed by atoms with Gasteiger partial charge in [0.1, 0.15) is 24.7 Å². The van der Waals surface area contributed by atoms with Crippen molar-refractivity contribution < 1.29 is 23.7 Å². The summed E-state index contributed by atoms with van der Waals surface area (Å²) in [5, 5.41) is 0. The third-order valence-electron chi connectivity index (χ3n) is 5.66. The Hall–Kier alpha value is -3.51. The number of hydrogen-bond donors (Lipinski definition) is 0. The monoisotopic (exact) mass is 461 g/mol. The van der Waals surface area contributed by atoms with Gasteiger partial charge in [-0.05, 0) is 36.2 Å². The van der Waals surface area contributed by atoms with Gasteiger partial charge in [0.25, 0.3) is 0 Å². The van der Waals surface area contributed by atoms with E-state index in [0.717, 1.165) is 41.4 Å². The molecule has 0 aliphatic carbocycles. The SMILES string of the molecule is CCOC(=O)C(Cc1ccccc1OCCN1CCOc2ccccc21)OCc1ccccc1. The molecule has 0 spiro atoms. The molecule has 0 saturated carbocycles. The summed E-state index contributed by atoms with van der Waals surface area (Å²) in [7, 11) is 0. The summed E-state index contributed by atoms with van der Waals surface area (Å²) in [5.41, 5.74) is 3.01. The van der Waals surface area contributed by atoms with Crippen molar-refractivity contribution in [2.45, 2.75) is 26.1 Å². The van der Waals surface area contributed by atoms with Crippen LogP contribution in [-0.2, 0) is 27.3 Å². The lowest BCUT2D eigenvalue weighted by atomic mass is 10.1. The molecule has 6 heteroatoms. The van der Waals surface area contributed by atoms with Gasteiger partial charge in [0.2, 0.25) is 0 Å². The molecule has 1 heterocycles. The third-order valence-corrected chi connectivity index (χ3v) is 5.66. The number of hydrogen-bond acceptors (Lipinski definition) is 6. The number of carbonyl (C=O) groups is 1. The summed E-state index contributed by atoms with van der Waals surface area (Å²) < 4.78 is 23.2. The molecule has 6 nitrogen and oxygen atoms in total. The molecule has 0 N–H and O–H groups in total. The molecular weight excluding hydrogens is 430 g/mol. The van der Waals surface area contributed by atoms with Crippen LogP contribution in [0.5, 0.6) is 11.5 Å². The Kier molecular flexibility index (Phi) is 8.41. The Bertz CT molecular complexity index is 1060. The Labute approximate surface area is 201 Å². The van der Waals surface area contributed by atoms with E-state index in [9.17, 15) is 4.79 Å². The molecule has 1 atom stereocenters. The van der Waals surface area contributed by atoms with Crippen LogP contribution in [0.1, 0.15) is 18.1 Å². The van der Waals surface area contributed by atoms with Crippen LogP contribution in [-0.4, -0.2) is 45.0 Å². The van der Waals surface area contributed by atoms with E-state index in [1.165, 1.54) is 0 Å². The van der Waals surface area contributed by atoms with Crippen LogP contribution in [0.25, 0.3) is 0 Å². The van der Waals surface area contributed by atoms with E-state index in [4.69, 9.17) is 18.9 Å². The molecule has 1 aliphatic rings. The highest BCUT2D eigenvalue weighted by Gasteiger charge is 2.23. The summed E-state index contributed by atoms with van der Waals surface area (Å²) in [4.78, 5) is 14.9. The Morgan fingerprint density at radius 3 is 2.62 bits per heavy atom. The molecule has 1 unspecified atom stereocenters. The van der Waals surface area contributed by atoms with Crippen LogP contribution in [0.3, 0.4) is 0 Å². The molecule has 34 heavy (non-hydrogen) atoms. The highest BCUT2D eigenvalue weighted by molar-refractivity contribution is 5.75. The van der Waals surface area contributed by atoms with Crippen molar-refractivity contribution in [3.05, 3.63) is 90.0 Å². The molecule has 0 amide bonds. The average molecular weight is 462 g/mol. The average Bonchev–Trinajstić information content (AvgIpc) is 2.88. The van der Waals surface area contributed by atoms with Crippen LogP contribution < -0.4 is 14.4 Å². The largest absolute Gasteiger partial charge is 0.491 e. The number of ether oxygens (including phenoxy) is 4. The second-order valence-corrected chi connectivity index (χ2v) is 8.00. The van der Waals surface area contributed by atoms with Crippen LogP contribution in [0.2, 0.25) is 0 Å². The van der Waals surface area contributed by atoms with Gasteiger partial charge in [0.15, 0.2) is 6.10 Å². The Morgan fingerprint density at radius 2 is 1.76 bits per heavy atom. The van der Waals surface area contributed by atoms with Gasteiger partial charge < -0.3 is 23.8 Å². The molecule has 0 aromatic heterocycles. The summed E-state index contributed by atoms with van der Waals surface area (Å²) in [5.74, 6) is 1.29. The maximum Gasteiger partial charge on any atom is 0.335 e. The van der Waals surface area contributed by atoms with Gasteiger partial charge in [-0.15, -0.1) is 0 Å². The second kappa shape index (κ2) is 12.1. The number of para-hydroxylation sites is 3. The van der Waals surface area contributed by atoms with Crippen LogP contribution in [0.4, 0.5) is 5.69 Å². The molecule has 1 aliphatic heterocycles. The smallest absolute Gasteiger partial charge is 0.335 e. The van der Waals surface area contributed by atoms with Crippen LogP contribution >= 0.6 is 0 Å². The van der Waals surface area contributed by atoms with Crippen molar-refractivity contribution in [1.29, 1.82) is 0 Å². The van der Waals surface area contributed by atoms with E-state index in [1.54, 1.807) is 6.92 Å². The quantitative estimate of drug-likeness (QED) is 0.387. The van der Waals surface area contributed by atoms with E-state index in [0.29, 0.717) is 32.8 Å². The summed E-state index contributed by atoms with van der Waals surface area (Å²) in [6.45, 7) is 5.18. The fourth-order valence-corrected chi connectivity index (χ4v) is 3.95. The zero-order chi connectivity index (χ0) is 23.6. The van der Waals surface area contributed by atoms with Crippen LogP contribution in [0.15, 0.2) is 78.9 Å². The molecular formula is C28H31NO5. The maximum absolute atomic E-state index is 12.6. The standard InChI is InChI=1S/C28H31NO5/c1-2-31-28(30)27(34-21-22-10-4-3-5-11-22)20-23-12-6-8-14-25(23)32-18-16-29-17-19-33-26-15-9-7-13-24(26)29/h3-15,27H,2,16-21H2,1H3. The van der Waals surface area contributed by atoms with Gasteiger partial charge in [-0.1, -0.05) is 60.7 Å². The van der Waals surface area contributed by atoms with Gasteiger partial charge in [-0.3, -0.25) is 0 Å². The van der Waals surface area contributed by atoms with E-state index in [2.05, 4.69) is 11.0 Å². The predicted octanol–water partition coefficient (Wildman–Crippen LogP) is 4.66. The summed E-state index contributed by atoms with van der Waals surface area (Å²) >= 11 is 0. The predicted molar refractivity (Wildman–Crippen MR) is 131 cm³/mol. The zero-order valence-electron chi connectivity index (χ0n) is 19.5. The number of carbonyl (C=O) groups excluding carboxylic acids is 1. The van der Waals surface area contributed by atoms with Crippen molar-refractivity contribution in [2.75, 3.05) is 37.8 Å². The van der Waals surface area contributed by atoms with Crippen molar-refractivity contribution in [3.63, 3.8) is 0 Å². The van der Waals surface area contributed by atoms with Gasteiger partial charge >= 0.3 is 5.97 Å². The second-order valence-electron chi connectivity index (χ2n) is 8.00. The first-order valence-electron chi connectivity index (χ1n) is 11.7. The minimum atomic E-state index is -0.712. The molecule has 0 radical (unpaired) electrons. The van der Waals surface area contributed by atoms with Crippen molar-refractivity contribution >= 4 is 11.7 Å². The minimum absolute atomic E-state index is 0.309. The third kappa shape index (κ3) is 6.29. The summed E-state index contributed by atoms with van der Waals surface area (Å²) in [6, 6.07) is 25.6. The number of esters is 1. The number of rotatable bonds is 11. The lowest BCUT2D eigenvalue weighted by Crippen LogP contribution is -2.35. The highest BCUT2D eigenvalue weighted by Crippen LogP contribution is 2.30. The molecule has 0 fully saturated rings. The Morgan fingerprint density at radius 1 is 1.00 bits per heavy atom. The molecule has 0 saturated heterocycles. The van der Waals surface area contributed by atoms with Crippen molar-refractivity contribution in [1.82, 2.24) is 0 Å². The number of anilines is 1. The van der Waals surface area contributed by atoms with Gasteiger partial charge in [0.05, 0.1) is 32.0 Å². The fourth-order valence-electron chi connectivity index (χ4n) is 3.95. The van der Waals surface area contributed by atoms with Crippen molar-refractivity contribution in [2.24, 2.45) is 0 Å². The molecule has 4 rings (SSSR count). The minimum Gasteiger partial charge on any atom is -0.491 e. The highest BCUT2D eigenvalue weighted by atomic mass is 16.6. The topological polar surface area (TPSA) is 57.2 Å². The fraction of sp³-hybridized carbons (Fsp3) is 0.321. The lowest BCUT2D eigenvalue weighted by Gasteiger charge is -2.31. The first-order valence-corrected chi connectivity index (χ1v) is 11.7. The van der Waals surface area contributed by atoms with E-state index < -0.39 is 6.10 Å². The van der Waals surface area contributed by atoms with Gasteiger partial charge in [-0.25, -0.2) is 4.79 Å². The lowest BCUT2D eigenvalue weighted by molar-refractivity contribution is -0.157. The first kappa shape index (κ1) is 23.6. The first-order chi connectivity index (χ1) is 16.7. The zero-order valence-corrected chi connectivity index (χ0v) is 19.5. The molecule has 3 aromatic carbocycles.